The van der Waals surface area contributed by atoms with Crippen molar-refractivity contribution >= 4 is 0 Å². The van der Waals surface area contributed by atoms with E-state index in [4.69, 9.17) is 0 Å². The average molecular weight is 128 g/mol. The van der Waals surface area contributed by atoms with E-state index in [9.17, 15) is 9.18 Å². The Morgan fingerprint density at radius 3 is 2.89 bits per heavy atom. The second kappa shape index (κ2) is 1.97. The molecule has 0 unspecified atom stereocenters. The van der Waals surface area contributed by atoms with Crippen LogP contribution in [0.15, 0.2) is 11.1 Å². The Morgan fingerprint density at radius 2 is 2.44 bits per heavy atom. The predicted octanol–water partition coefficient (Wildman–Crippen LogP) is 0.217. The first kappa shape index (κ1) is 5.94. The van der Waals surface area contributed by atoms with E-state index in [-0.39, 0.29) is 5.56 Å². The van der Waals surface area contributed by atoms with Crippen LogP contribution in [0.25, 0.3) is 0 Å². The number of hydrogen-bond donors (Lipinski definition) is 1. The van der Waals surface area contributed by atoms with Crippen molar-refractivity contribution in [1.29, 1.82) is 0 Å². The zero-order valence-corrected chi connectivity index (χ0v) is 4.81. The van der Waals surface area contributed by atoms with Gasteiger partial charge in [0.15, 0.2) is 0 Å². The quantitative estimate of drug-likeness (QED) is 0.508. The van der Waals surface area contributed by atoms with E-state index in [1.807, 2.05) is 0 Å². The standard InChI is InChI=1S/C5H5FN2O/c1-3-4(6)7-2-8-5(3)9/h2H,1H3,(H,7,8,9). The summed E-state index contributed by atoms with van der Waals surface area (Å²) in [5, 5.41) is 0. The SMILES string of the molecule is Cc1c(F)nc[nH]c1=O. The summed E-state index contributed by atoms with van der Waals surface area (Å²) < 4.78 is 12.2. The van der Waals surface area contributed by atoms with Crippen LogP contribution in [0.4, 0.5) is 4.39 Å². The lowest BCUT2D eigenvalue weighted by Gasteiger charge is -1.88. The van der Waals surface area contributed by atoms with E-state index in [0.29, 0.717) is 0 Å². The Bertz CT molecular complexity index is 268. The van der Waals surface area contributed by atoms with Crippen LogP contribution < -0.4 is 5.56 Å². The van der Waals surface area contributed by atoms with E-state index in [1.54, 1.807) is 0 Å². The van der Waals surface area contributed by atoms with Gasteiger partial charge in [0.2, 0.25) is 5.95 Å². The number of nitrogens with one attached hydrogen (secondary N) is 1. The summed E-state index contributed by atoms with van der Waals surface area (Å²) in [6, 6.07) is 0. The first-order chi connectivity index (χ1) is 4.22. The van der Waals surface area contributed by atoms with Gasteiger partial charge in [-0.2, -0.15) is 4.39 Å². The lowest BCUT2D eigenvalue weighted by Crippen LogP contribution is -2.11. The van der Waals surface area contributed by atoms with Gasteiger partial charge in [-0.05, 0) is 6.92 Å². The molecule has 48 valence electrons. The van der Waals surface area contributed by atoms with Gasteiger partial charge in [0.1, 0.15) is 0 Å². The third kappa shape index (κ3) is 0.960. The second-order valence-corrected chi connectivity index (χ2v) is 1.65. The molecule has 0 saturated carbocycles. The van der Waals surface area contributed by atoms with E-state index < -0.39 is 11.5 Å². The maximum Gasteiger partial charge on any atom is 0.256 e. The van der Waals surface area contributed by atoms with Gasteiger partial charge >= 0.3 is 0 Å². The number of halogens is 1. The molecule has 0 aliphatic carbocycles. The first-order valence-electron chi connectivity index (χ1n) is 2.41. The zero-order chi connectivity index (χ0) is 6.85. The Kier molecular flexibility index (Phi) is 1.30. The van der Waals surface area contributed by atoms with Crippen LogP contribution in [0, 0.1) is 12.9 Å². The van der Waals surface area contributed by atoms with E-state index >= 15 is 0 Å². The molecule has 0 bridgehead atoms. The number of rotatable bonds is 0. The average Bonchev–Trinajstić information content (AvgIpc) is 1.83. The molecule has 0 aliphatic rings. The molecule has 0 spiro atoms. The Morgan fingerprint density at radius 1 is 1.78 bits per heavy atom. The van der Waals surface area contributed by atoms with Gasteiger partial charge in [-0.3, -0.25) is 4.79 Å². The highest BCUT2D eigenvalue weighted by Gasteiger charge is 1.98. The van der Waals surface area contributed by atoms with Gasteiger partial charge in [-0.15, -0.1) is 0 Å². The third-order valence-corrected chi connectivity index (χ3v) is 1.02. The highest BCUT2D eigenvalue weighted by molar-refractivity contribution is 5.01. The Balaban J connectivity index is 3.43. The van der Waals surface area contributed by atoms with Crippen molar-refractivity contribution in [3.05, 3.63) is 28.2 Å². The molecule has 0 amide bonds. The van der Waals surface area contributed by atoms with Crippen LogP contribution in [0.5, 0.6) is 0 Å². The third-order valence-electron chi connectivity index (χ3n) is 1.02. The molecule has 9 heavy (non-hydrogen) atoms. The first-order valence-corrected chi connectivity index (χ1v) is 2.41. The van der Waals surface area contributed by atoms with Gasteiger partial charge < -0.3 is 4.98 Å². The Hall–Kier alpha value is -1.19. The molecule has 4 heteroatoms. The van der Waals surface area contributed by atoms with Crippen molar-refractivity contribution in [2.75, 3.05) is 0 Å². The zero-order valence-electron chi connectivity index (χ0n) is 4.81. The molecule has 1 N–H and O–H groups in total. The molecule has 0 radical (unpaired) electrons. The monoisotopic (exact) mass is 128 g/mol. The molecule has 0 aromatic carbocycles. The highest BCUT2D eigenvalue weighted by atomic mass is 19.1. The maximum atomic E-state index is 12.2. The summed E-state index contributed by atoms with van der Waals surface area (Å²) in [5.74, 6) is -0.709. The van der Waals surface area contributed by atoms with Gasteiger partial charge in [0.05, 0.1) is 11.9 Å². The van der Waals surface area contributed by atoms with Crippen LogP contribution in [0.3, 0.4) is 0 Å². The molecule has 1 heterocycles. The summed E-state index contributed by atoms with van der Waals surface area (Å²) in [6.45, 7) is 1.38. The van der Waals surface area contributed by atoms with E-state index in [1.165, 1.54) is 6.92 Å². The largest absolute Gasteiger partial charge is 0.313 e. The lowest BCUT2D eigenvalue weighted by molar-refractivity contribution is 0.566. The smallest absolute Gasteiger partial charge is 0.256 e. The predicted molar refractivity (Wildman–Crippen MR) is 29.6 cm³/mol. The minimum absolute atomic E-state index is 0.0255. The topological polar surface area (TPSA) is 45.8 Å². The summed E-state index contributed by atoms with van der Waals surface area (Å²) in [6.07, 6.45) is 1.03. The number of nitrogens with zero attached hydrogens (tertiary/aromatic N) is 1. The lowest BCUT2D eigenvalue weighted by atomic mass is 10.4. The maximum absolute atomic E-state index is 12.2. The van der Waals surface area contributed by atoms with Crippen molar-refractivity contribution in [2.45, 2.75) is 6.92 Å². The molecule has 1 aromatic heterocycles. The fourth-order valence-corrected chi connectivity index (χ4v) is 0.446. The number of hydrogen-bond acceptors (Lipinski definition) is 2. The van der Waals surface area contributed by atoms with Crippen LogP contribution in [-0.4, -0.2) is 9.97 Å². The molecule has 0 fully saturated rings. The minimum atomic E-state index is -0.709. The highest BCUT2D eigenvalue weighted by Crippen LogP contribution is 1.89. The van der Waals surface area contributed by atoms with Crippen molar-refractivity contribution in [2.24, 2.45) is 0 Å². The molecule has 0 atom stereocenters. The van der Waals surface area contributed by atoms with Crippen LogP contribution >= 0.6 is 0 Å². The fraction of sp³-hybridized carbons (Fsp3) is 0.200. The normalized spacial score (nSPS) is 9.56. The molecule has 0 saturated heterocycles. The van der Waals surface area contributed by atoms with Crippen LogP contribution in [0.2, 0.25) is 0 Å². The molecular weight excluding hydrogens is 123 g/mol. The summed E-state index contributed by atoms with van der Waals surface area (Å²) in [5.41, 5.74) is -0.403. The van der Waals surface area contributed by atoms with Gasteiger partial charge in [-0.25, -0.2) is 4.98 Å². The van der Waals surface area contributed by atoms with E-state index in [0.717, 1.165) is 6.33 Å². The van der Waals surface area contributed by atoms with Crippen molar-refractivity contribution < 1.29 is 4.39 Å². The summed E-state index contributed by atoms with van der Waals surface area (Å²) >= 11 is 0. The van der Waals surface area contributed by atoms with Crippen LogP contribution in [0.1, 0.15) is 5.56 Å². The molecular formula is C5H5FN2O. The number of aromatic nitrogens is 2. The van der Waals surface area contributed by atoms with Crippen molar-refractivity contribution in [3.8, 4) is 0 Å². The minimum Gasteiger partial charge on any atom is -0.313 e. The second-order valence-electron chi connectivity index (χ2n) is 1.65. The van der Waals surface area contributed by atoms with Gasteiger partial charge in [0.25, 0.3) is 5.56 Å². The number of aromatic amines is 1. The van der Waals surface area contributed by atoms with E-state index in [2.05, 4.69) is 9.97 Å². The summed E-state index contributed by atoms with van der Waals surface area (Å²) in [4.78, 5) is 16.0. The molecule has 1 aromatic rings. The Labute approximate surface area is 50.6 Å². The molecule has 0 aliphatic heterocycles. The molecule has 1 rings (SSSR count). The number of H-pyrrole nitrogens is 1. The fourth-order valence-electron chi connectivity index (χ4n) is 0.446. The van der Waals surface area contributed by atoms with Crippen molar-refractivity contribution in [1.82, 2.24) is 9.97 Å². The molecule has 3 nitrogen and oxygen atoms in total. The van der Waals surface area contributed by atoms with Gasteiger partial charge in [0, 0.05) is 0 Å². The summed E-state index contributed by atoms with van der Waals surface area (Å²) in [7, 11) is 0. The van der Waals surface area contributed by atoms with Crippen LogP contribution in [-0.2, 0) is 0 Å². The van der Waals surface area contributed by atoms with Gasteiger partial charge in [-0.1, -0.05) is 0 Å². The van der Waals surface area contributed by atoms with Crippen molar-refractivity contribution in [3.63, 3.8) is 0 Å².